The maximum Gasteiger partial charge on any atom is 0.328 e. The van der Waals surface area contributed by atoms with Gasteiger partial charge in [0.2, 0.25) is 5.91 Å². The van der Waals surface area contributed by atoms with Crippen molar-refractivity contribution in [1.29, 1.82) is 0 Å². The molecule has 1 aliphatic heterocycles. The molecule has 3 N–H and O–H groups in total. The van der Waals surface area contributed by atoms with Gasteiger partial charge in [0.25, 0.3) is 5.91 Å². The van der Waals surface area contributed by atoms with Crippen LogP contribution in [-0.4, -0.2) is 63.4 Å². The van der Waals surface area contributed by atoms with Crippen molar-refractivity contribution in [3.05, 3.63) is 64.6 Å². The van der Waals surface area contributed by atoms with Gasteiger partial charge in [0.1, 0.15) is 11.9 Å². The summed E-state index contributed by atoms with van der Waals surface area (Å²) in [7, 11) is -2.36. The molecule has 1 heterocycles. The van der Waals surface area contributed by atoms with Gasteiger partial charge >= 0.3 is 5.97 Å². The number of carbonyl (C=O) groups excluding carboxylic acids is 3. The molecule has 1 aromatic rings. The summed E-state index contributed by atoms with van der Waals surface area (Å²) in [6, 6.07) is 8.39. The molecule has 0 saturated carbocycles. The lowest BCUT2D eigenvalue weighted by Crippen LogP contribution is -2.42. The van der Waals surface area contributed by atoms with E-state index in [0.717, 1.165) is 5.56 Å². The highest BCUT2D eigenvalue weighted by Gasteiger charge is 2.27. The molecule has 3 rings (SSSR count). The zero-order valence-corrected chi connectivity index (χ0v) is 21.9. The van der Waals surface area contributed by atoms with Crippen LogP contribution in [0.5, 0.6) is 0 Å². The van der Waals surface area contributed by atoms with E-state index in [0.29, 0.717) is 41.7 Å². The van der Waals surface area contributed by atoms with E-state index < -0.39 is 27.8 Å². The molecule has 0 spiro atoms. The van der Waals surface area contributed by atoms with Crippen LogP contribution in [0.1, 0.15) is 31.2 Å². The molecule has 0 radical (unpaired) electrons. The normalized spacial score (nSPS) is 19.8. The predicted molar refractivity (Wildman–Crippen MR) is 140 cm³/mol. The summed E-state index contributed by atoms with van der Waals surface area (Å²) in [4.78, 5) is 36.8. The zero-order valence-electron chi connectivity index (χ0n) is 20.3. The number of carbonyl (C=O) groups is 3. The van der Waals surface area contributed by atoms with Crippen LogP contribution in [0.2, 0.25) is 0 Å². The molecule has 1 aromatic carbocycles. The largest absolute Gasteiger partial charge is 0.467 e. The van der Waals surface area contributed by atoms with Gasteiger partial charge in [0.05, 0.1) is 13.3 Å². The average molecular weight is 534 g/mol. The lowest BCUT2D eigenvalue weighted by molar-refractivity contribution is -0.144. The first-order valence-corrected chi connectivity index (χ1v) is 14.6. The third kappa shape index (κ3) is 7.81. The van der Waals surface area contributed by atoms with Crippen molar-refractivity contribution >= 4 is 45.0 Å². The molecular formula is C25H31N3O6S2. The Balaban J connectivity index is 1.82. The standard InChI is InChI=1S/C25H31N3O6S2/c1-34-25(31)21(12-13-35-2)27-24(30)19-9-8-17(14-20(19)18-6-4-3-5-7-18)15-36(32,33)16-26-22-10-11-23(29)28-22/h3-7,9,14-15,21-22,26H,8,10-13,16H2,1-2H3,(H,27,30)(H,28,29)/t21-,22+/m0/s1. The molecule has 11 heteroatoms. The van der Waals surface area contributed by atoms with Crippen LogP contribution in [0.4, 0.5) is 0 Å². The van der Waals surface area contributed by atoms with E-state index in [1.807, 2.05) is 36.6 Å². The second-order valence-corrected chi connectivity index (χ2v) is 11.3. The molecule has 194 valence electrons. The van der Waals surface area contributed by atoms with Crippen LogP contribution in [-0.2, 0) is 29.0 Å². The first-order chi connectivity index (χ1) is 17.2. The van der Waals surface area contributed by atoms with E-state index >= 15 is 0 Å². The van der Waals surface area contributed by atoms with Crippen LogP contribution in [0.15, 0.2) is 59.0 Å². The highest BCUT2D eigenvalue weighted by atomic mass is 32.2. The number of benzene rings is 1. The quantitative estimate of drug-likeness (QED) is 0.368. The van der Waals surface area contributed by atoms with Crippen molar-refractivity contribution in [2.45, 2.75) is 37.9 Å². The van der Waals surface area contributed by atoms with Gasteiger partial charge < -0.3 is 15.4 Å². The Hall–Kier alpha value is -2.89. The van der Waals surface area contributed by atoms with Gasteiger partial charge in [0.15, 0.2) is 9.84 Å². The van der Waals surface area contributed by atoms with E-state index in [2.05, 4.69) is 16.0 Å². The van der Waals surface area contributed by atoms with Crippen molar-refractivity contribution in [3.63, 3.8) is 0 Å². The minimum absolute atomic E-state index is 0.107. The van der Waals surface area contributed by atoms with Crippen molar-refractivity contribution < 1.29 is 27.5 Å². The topological polar surface area (TPSA) is 131 Å². The number of hydrogen-bond acceptors (Lipinski definition) is 8. The van der Waals surface area contributed by atoms with Crippen molar-refractivity contribution in [1.82, 2.24) is 16.0 Å². The molecule has 36 heavy (non-hydrogen) atoms. The Kier molecular flexibility index (Phi) is 9.91. The molecule has 1 fully saturated rings. The molecule has 2 aliphatic rings. The van der Waals surface area contributed by atoms with Crippen LogP contribution < -0.4 is 16.0 Å². The van der Waals surface area contributed by atoms with Crippen LogP contribution in [0, 0.1) is 0 Å². The SMILES string of the molecule is COC(=O)[C@H](CCSC)NC(=O)C1=CCC(=CS(=O)(=O)CN[C@H]2CCC(=O)N2)C=C1c1ccccc1. The smallest absolute Gasteiger partial charge is 0.328 e. The molecule has 1 saturated heterocycles. The summed E-state index contributed by atoms with van der Waals surface area (Å²) in [6.07, 6.45) is 6.47. The maximum atomic E-state index is 13.2. The molecule has 1 aliphatic carbocycles. The van der Waals surface area contributed by atoms with E-state index in [-0.39, 0.29) is 24.4 Å². The first-order valence-electron chi connectivity index (χ1n) is 11.5. The van der Waals surface area contributed by atoms with Gasteiger partial charge in [-0.15, -0.1) is 0 Å². The van der Waals surface area contributed by atoms with E-state index in [9.17, 15) is 22.8 Å². The number of hydrogen-bond donors (Lipinski definition) is 3. The number of amides is 2. The van der Waals surface area contributed by atoms with Gasteiger partial charge in [-0.1, -0.05) is 36.4 Å². The Morgan fingerprint density at radius 3 is 2.67 bits per heavy atom. The second-order valence-electron chi connectivity index (χ2n) is 8.44. The number of esters is 1. The van der Waals surface area contributed by atoms with Crippen LogP contribution >= 0.6 is 11.8 Å². The van der Waals surface area contributed by atoms with Gasteiger partial charge in [-0.3, -0.25) is 14.9 Å². The van der Waals surface area contributed by atoms with Crippen LogP contribution in [0.25, 0.3) is 5.57 Å². The van der Waals surface area contributed by atoms with E-state index in [4.69, 9.17) is 4.74 Å². The molecule has 2 atom stereocenters. The third-order valence-electron chi connectivity index (χ3n) is 5.75. The van der Waals surface area contributed by atoms with Gasteiger partial charge in [-0.05, 0) is 54.1 Å². The molecule has 2 amide bonds. The lowest BCUT2D eigenvalue weighted by atomic mass is 9.89. The first kappa shape index (κ1) is 27.7. The Morgan fingerprint density at radius 2 is 2.03 bits per heavy atom. The summed E-state index contributed by atoms with van der Waals surface area (Å²) >= 11 is 1.56. The Labute approximate surface area is 215 Å². The van der Waals surface area contributed by atoms with Crippen molar-refractivity contribution in [2.75, 3.05) is 25.0 Å². The van der Waals surface area contributed by atoms with Crippen LogP contribution in [0.3, 0.4) is 0 Å². The summed E-state index contributed by atoms with van der Waals surface area (Å²) < 4.78 is 30.3. The highest BCUT2D eigenvalue weighted by Crippen LogP contribution is 2.31. The molecule has 0 bridgehead atoms. The monoisotopic (exact) mass is 533 g/mol. The third-order valence-corrected chi connectivity index (χ3v) is 7.62. The molecule has 0 unspecified atom stereocenters. The number of allylic oxidation sites excluding steroid dienone is 3. The fourth-order valence-corrected chi connectivity index (χ4v) is 5.54. The maximum absolute atomic E-state index is 13.2. The Bertz CT molecular complexity index is 1180. The predicted octanol–water partition coefficient (Wildman–Crippen LogP) is 1.89. The number of nitrogens with one attached hydrogen (secondary N) is 3. The van der Waals surface area contributed by atoms with Gasteiger partial charge in [0, 0.05) is 17.4 Å². The second kappa shape index (κ2) is 12.9. The number of thioether (sulfide) groups is 1. The minimum atomic E-state index is -3.64. The fourth-order valence-electron chi connectivity index (χ4n) is 3.92. The van der Waals surface area contributed by atoms with E-state index in [1.165, 1.54) is 12.5 Å². The fraction of sp³-hybridized carbons (Fsp3) is 0.400. The highest BCUT2D eigenvalue weighted by molar-refractivity contribution is 7.98. The molecular weight excluding hydrogens is 502 g/mol. The number of rotatable bonds is 11. The molecule has 9 nitrogen and oxygen atoms in total. The van der Waals surface area contributed by atoms with E-state index in [1.54, 1.807) is 23.9 Å². The summed E-state index contributed by atoms with van der Waals surface area (Å²) in [5.74, 6) is -0.698. The average Bonchev–Trinajstić information content (AvgIpc) is 3.30. The van der Waals surface area contributed by atoms with Crippen molar-refractivity contribution in [2.24, 2.45) is 0 Å². The Morgan fingerprint density at radius 1 is 1.28 bits per heavy atom. The number of ether oxygens (including phenoxy) is 1. The van der Waals surface area contributed by atoms with Gasteiger partial charge in [-0.2, -0.15) is 11.8 Å². The number of sulfone groups is 1. The molecule has 0 aromatic heterocycles. The summed E-state index contributed by atoms with van der Waals surface area (Å²) in [5, 5.41) is 9.50. The van der Waals surface area contributed by atoms with Crippen molar-refractivity contribution in [3.8, 4) is 0 Å². The lowest BCUT2D eigenvalue weighted by Gasteiger charge is -2.21. The zero-order chi connectivity index (χ0) is 26.1. The summed E-state index contributed by atoms with van der Waals surface area (Å²) in [6.45, 7) is 0. The van der Waals surface area contributed by atoms with Gasteiger partial charge in [-0.25, -0.2) is 13.2 Å². The minimum Gasteiger partial charge on any atom is -0.467 e. The number of methoxy groups -OCH3 is 1. The summed E-state index contributed by atoms with van der Waals surface area (Å²) in [5.41, 5.74) is 2.19.